The number of nitrogens with one attached hydrogen (secondary N) is 2. The van der Waals surface area contributed by atoms with Gasteiger partial charge in [0, 0.05) is 5.56 Å². The number of rotatable bonds is 5. The van der Waals surface area contributed by atoms with Gasteiger partial charge in [0.25, 0.3) is 5.91 Å². The van der Waals surface area contributed by atoms with Gasteiger partial charge in [-0.05, 0) is 12.1 Å². The molecule has 0 aliphatic heterocycles. The lowest BCUT2D eigenvalue weighted by Crippen LogP contribution is -3.07. The zero-order valence-corrected chi connectivity index (χ0v) is 13.3. The maximum Gasteiger partial charge on any atom is 0.256 e. The smallest absolute Gasteiger partial charge is 0.256 e. The van der Waals surface area contributed by atoms with Gasteiger partial charge >= 0.3 is 0 Å². The van der Waals surface area contributed by atoms with Crippen molar-refractivity contribution in [3.05, 3.63) is 70.5 Å². The number of quaternary nitrogens is 1. The normalized spacial score (nSPS) is 12.2. The lowest BCUT2D eigenvalue weighted by molar-refractivity contribution is -0.890. The van der Waals surface area contributed by atoms with E-state index in [9.17, 15) is 9.18 Å². The van der Waals surface area contributed by atoms with E-state index in [1.165, 1.54) is 23.1 Å². The number of benzene rings is 2. The summed E-state index contributed by atoms with van der Waals surface area (Å²) in [5.41, 5.74) is 1.01. The first-order chi connectivity index (χ1) is 10.5. The molecule has 2 aromatic rings. The van der Waals surface area contributed by atoms with Crippen molar-refractivity contribution >= 4 is 17.5 Å². The summed E-state index contributed by atoms with van der Waals surface area (Å²) in [5, 5.41) is 2.89. The summed E-state index contributed by atoms with van der Waals surface area (Å²) in [6, 6.07) is 14.2. The van der Waals surface area contributed by atoms with E-state index in [1.54, 1.807) is 0 Å². The highest BCUT2D eigenvalue weighted by atomic mass is 35.5. The molecule has 0 bridgehead atoms. The Hall–Kier alpha value is -1.91. The average molecular weight is 322 g/mol. The molecule has 0 aliphatic carbocycles. The molecule has 22 heavy (non-hydrogen) atoms. The van der Waals surface area contributed by atoms with Crippen molar-refractivity contribution in [2.75, 3.05) is 20.6 Å². The van der Waals surface area contributed by atoms with E-state index in [4.69, 9.17) is 11.6 Å². The maximum absolute atomic E-state index is 13.8. The van der Waals surface area contributed by atoms with E-state index >= 15 is 0 Å². The third-order valence-electron chi connectivity index (χ3n) is 3.56. The van der Waals surface area contributed by atoms with Crippen LogP contribution < -0.4 is 10.2 Å². The minimum Gasteiger partial charge on any atom is -0.346 e. The number of carbonyl (C=O) groups is 1. The van der Waals surface area contributed by atoms with Crippen LogP contribution in [0.2, 0.25) is 5.02 Å². The summed E-state index contributed by atoms with van der Waals surface area (Å²) in [6.45, 7) is 0.399. The Bertz CT molecular complexity index is 626. The molecule has 1 amide bonds. The second kappa shape index (κ2) is 7.38. The quantitative estimate of drug-likeness (QED) is 0.869. The molecule has 0 aromatic heterocycles. The van der Waals surface area contributed by atoms with Crippen molar-refractivity contribution < 1.29 is 14.1 Å². The molecule has 2 rings (SSSR count). The van der Waals surface area contributed by atoms with Gasteiger partial charge in [0.05, 0.1) is 31.2 Å². The van der Waals surface area contributed by atoms with Crippen LogP contribution in [0.4, 0.5) is 4.39 Å². The Morgan fingerprint density at radius 1 is 1.18 bits per heavy atom. The fraction of sp³-hybridized carbons (Fsp3) is 0.235. The van der Waals surface area contributed by atoms with Gasteiger partial charge in [-0.15, -0.1) is 0 Å². The van der Waals surface area contributed by atoms with E-state index in [1.807, 2.05) is 44.4 Å². The lowest BCUT2D eigenvalue weighted by atomic mass is 10.1. The largest absolute Gasteiger partial charge is 0.346 e. The number of hydrogen-bond donors (Lipinski definition) is 2. The molecular weight excluding hydrogens is 303 g/mol. The molecule has 0 heterocycles. The summed E-state index contributed by atoms with van der Waals surface area (Å²) < 4.78 is 13.8. The summed E-state index contributed by atoms with van der Waals surface area (Å²) in [6.07, 6.45) is 0. The lowest BCUT2D eigenvalue weighted by Gasteiger charge is -2.22. The molecule has 0 unspecified atom stereocenters. The molecule has 0 spiro atoms. The molecule has 5 heteroatoms. The summed E-state index contributed by atoms with van der Waals surface area (Å²) in [7, 11) is 4.03. The second-order valence-corrected chi connectivity index (χ2v) is 5.75. The van der Waals surface area contributed by atoms with Gasteiger partial charge in [0.1, 0.15) is 11.9 Å². The Kier molecular flexibility index (Phi) is 5.52. The molecule has 3 nitrogen and oxygen atoms in total. The standard InChI is InChI=1S/C17H18ClFN2O/c1-21(2)15(12-7-4-3-5-8-12)11-20-17(22)16-13(18)9-6-10-14(16)19/h3-10,15H,11H2,1-2H3,(H,20,22)/p+1/t15-/m0/s1. The molecule has 0 saturated heterocycles. The maximum atomic E-state index is 13.8. The van der Waals surface area contributed by atoms with Crippen LogP contribution in [0.5, 0.6) is 0 Å². The molecule has 0 saturated carbocycles. The van der Waals surface area contributed by atoms with E-state index < -0.39 is 11.7 Å². The van der Waals surface area contributed by atoms with Crippen molar-refractivity contribution in [1.82, 2.24) is 5.32 Å². The van der Waals surface area contributed by atoms with Crippen molar-refractivity contribution in [3.8, 4) is 0 Å². The van der Waals surface area contributed by atoms with Gasteiger partial charge in [-0.2, -0.15) is 0 Å². The SMILES string of the molecule is C[NH+](C)[C@@H](CNC(=O)c1c(F)cccc1Cl)c1ccccc1. The van der Waals surface area contributed by atoms with Crippen LogP contribution in [0.3, 0.4) is 0 Å². The Morgan fingerprint density at radius 3 is 2.45 bits per heavy atom. The van der Waals surface area contributed by atoms with E-state index in [-0.39, 0.29) is 16.6 Å². The van der Waals surface area contributed by atoms with Gasteiger partial charge in [0.15, 0.2) is 0 Å². The minimum absolute atomic E-state index is 0.0794. The van der Waals surface area contributed by atoms with E-state index in [0.717, 1.165) is 5.56 Å². The molecule has 1 atom stereocenters. The predicted molar refractivity (Wildman–Crippen MR) is 85.7 cm³/mol. The fourth-order valence-electron chi connectivity index (χ4n) is 2.34. The first-order valence-corrected chi connectivity index (χ1v) is 7.45. The van der Waals surface area contributed by atoms with Gasteiger partial charge in [-0.25, -0.2) is 4.39 Å². The monoisotopic (exact) mass is 321 g/mol. The Morgan fingerprint density at radius 2 is 1.86 bits per heavy atom. The van der Waals surface area contributed by atoms with Crippen molar-refractivity contribution in [2.24, 2.45) is 0 Å². The zero-order chi connectivity index (χ0) is 16.1. The molecular formula is C17H19ClFN2O+. The van der Waals surface area contributed by atoms with E-state index in [0.29, 0.717) is 6.54 Å². The second-order valence-electron chi connectivity index (χ2n) is 5.35. The predicted octanol–water partition coefficient (Wildman–Crippen LogP) is 2.09. The first-order valence-electron chi connectivity index (χ1n) is 7.08. The highest BCUT2D eigenvalue weighted by molar-refractivity contribution is 6.33. The Labute approximate surface area is 134 Å². The van der Waals surface area contributed by atoms with Crippen LogP contribution in [0.15, 0.2) is 48.5 Å². The number of hydrogen-bond acceptors (Lipinski definition) is 1. The van der Waals surface area contributed by atoms with Crippen LogP contribution in [0.1, 0.15) is 22.0 Å². The van der Waals surface area contributed by atoms with Crippen molar-refractivity contribution in [1.29, 1.82) is 0 Å². The van der Waals surface area contributed by atoms with Crippen LogP contribution >= 0.6 is 11.6 Å². The summed E-state index contributed by atoms with van der Waals surface area (Å²) >= 11 is 5.91. The highest BCUT2D eigenvalue weighted by Crippen LogP contribution is 2.18. The number of halogens is 2. The third kappa shape index (κ3) is 3.84. The first kappa shape index (κ1) is 16.5. The van der Waals surface area contributed by atoms with Crippen molar-refractivity contribution in [3.63, 3.8) is 0 Å². The van der Waals surface area contributed by atoms with Crippen molar-refractivity contribution in [2.45, 2.75) is 6.04 Å². The summed E-state index contributed by atoms with van der Waals surface area (Å²) in [4.78, 5) is 13.4. The topological polar surface area (TPSA) is 33.5 Å². The van der Waals surface area contributed by atoms with Crippen LogP contribution in [0, 0.1) is 5.82 Å². The highest BCUT2D eigenvalue weighted by Gasteiger charge is 2.21. The van der Waals surface area contributed by atoms with Gasteiger partial charge in [-0.1, -0.05) is 48.0 Å². The van der Waals surface area contributed by atoms with Gasteiger partial charge < -0.3 is 10.2 Å². The molecule has 0 fully saturated rings. The van der Waals surface area contributed by atoms with E-state index in [2.05, 4.69) is 5.32 Å². The minimum atomic E-state index is -0.613. The third-order valence-corrected chi connectivity index (χ3v) is 3.87. The van der Waals surface area contributed by atoms with Gasteiger partial charge in [0.2, 0.25) is 0 Å². The van der Waals surface area contributed by atoms with Crippen LogP contribution in [0.25, 0.3) is 0 Å². The molecule has 2 N–H and O–H groups in total. The molecule has 0 aliphatic rings. The average Bonchev–Trinajstić information content (AvgIpc) is 2.48. The molecule has 116 valence electrons. The number of amides is 1. The number of carbonyl (C=O) groups excluding carboxylic acids is 1. The fourth-order valence-corrected chi connectivity index (χ4v) is 2.59. The molecule has 2 aromatic carbocycles. The van der Waals surface area contributed by atoms with Crippen LogP contribution in [-0.4, -0.2) is 26.5 Å². The molecule has 0 radical (unpaired) electrons. The van der Waals surface area contributed by atoms with Crippen LogP contribution in [-0.2, 0) is 0 Å². The zero-order valence-electron chi connectivity index (χ0n) is 12.6. The Balaban J connectivity index is 2.12. The number of likely N-dealkylation sites (N-methyl/N-ethyl adjacent to an activating group) is 1. The summed E-state index contributed by atoms with van der Waals surface area (Å²) in [5.74, 6) is -1.11. The van der Waals surface area contributed by atoms with Gasteiger partial charge in [-0.3, -0.25) is 4.79 Å².